The molecule has 9 atom stereocenters. The largest absolute Gasteiger partial charge is 0.393 e. The molecule has 0 radical (unpaired) electrons. The Hall–Kier alpha value is -0.0400. The fourth-order valence-electron chi connectivity index (χ4n) is 8.89. The molecule has 1 heteroatoms. The topological polar surface area (TPSA) is 20.2 Å². The average Bonchev–Trinajstić information content (AvgIpc) is 2.93. The van der Waals surface area contributed by atoms with Gasteiger partial charge in [-0.2, -0.15) is 0 Å². The Labute approximate surface area is 156 Å². The zero-order chi connectivity index (χ0) is 17.8. The number of rotatable bonds is 3. The maximum Gasteiger partial charge on any atom is 0.0577 e. The lowest BCUT2D eigenvalue weighted by Crippen LogP contribution is -2.57. The van der Waals surface area contributed by atoms with Gasteiger partial charge in [-0.1, -0.05) is 53.4 Å². The molecule has 4 rings (SSSR count). The molecule has 4 saturated carbocycles. The molecule has 0 saturated heterocycles. The monoisotopic (exact) mass is 346 g/mol. The van der Waals surface area contributed by atoms with Gasteiger partial charge in [0, 0.05) is 0 Å². The molecule has 4 fully saturated rings. The summed E-state index contributed by atoms with van der Waals surface area (Å²) in [7, 11) is 0. The Bertz CT molecular complexity index is 486. The van der Waals surface area contributed by atoms with Crippen molar-refractivity contribution in [3.8, 4) is 0 Å². The average molecular weight is 347 g/mol. The molecule has 0 heterocycles. The minimum absolute atomic E-state index is 0.00830. The zero-order valence-electron chi connectivity index (χ0n) is 17.3. The number of hydrogen-bond donors (Lipinski definition) is 1. The first-order valence-electron chi connectivity index (χ1n) is 11.6. The van der Waals surface area contributed by atoms with Crippen molar-refractivity contribution in [2.24, 2.45) is 46.3 Å². The number of aliphatic hydroxyl groups excluding tert-OH is 1. The van der Waals surface area contributed by atoms with Crippen LogP contribution in [0.4, 0.5) is 0 Å². The highest BCUT2D eigenvalue weighted by molar-refractivity contribution is 5.11. The van der Waals surface area contributed by atoms with Gasteiger partial charge in [0.15, 0.2) is 0 Å². The second kappa shape index (κ2) is 6.54. The number of aliphatic hydroxyl groups is 1. The molecule has 0 aromatic rings. The molecule has 25 heavy (non-hydrogen) atoms. The summed E-state index contributed by atoms with van der Waals surface area (Å²) in [6.45, 7) is 10.1. The van der Waals surface area contributed by atoms with Crippen molar-refractivity contribution >= 4 is 0 Å². The predicted molar refractivity (Wildman–Crippen MR) is 105 cm³/mol. The van der Waals surface area contributed by atoms with Gasteiger partial charge in [-0.25, -0.2) is 0 Å². The van der Waals surface area contributed by atoms with Crippen molar-refractivity contribution in [2.45, 2.75) is 104 Å². The van der Waals surface area contributed by atoms with E-state index in [1.807, 2.05) is 0 Å². The summed E-state index contributed by atoms with van der Waals surface area (Å²) >= 11 is 0. The van der Waals surface area contributed by atoms with Gasteiger partial charge in [0.05, 0.1) is 6.10 Å². The third kappa shape index (κ3) is 2.66. The lowest BCUT2D eigenvalue weighted by Gasteiger charge is -2.62. The molecule has 0 aromatic carbocycles. The summed E-state index contributed by atoms with van der Waals surface area (Å²) in [4.78, 5) is 0. The third-order valence-corrected chi connectivity index (χ3v) is 10.1. The molecule has 0 bridgehead atoms. The first kappa shape index (κ1) is 18.3. The SMILES string of the molecule is CCC[C@@H](C)C1CCC2C3C(CC[C@@]21C)[C@@]1(C)CCCC[C@H]1C[C@H]3O. The van der Waals surface area contributed by atoms with Crippen LogP contribution in [0.3, 0.4) is 0 Å². The Morgan fingerprint density at radius 1 is 0.960 bits per heavy atom. The second-order valence-electron chi connectivity index (χ2n) is 11.0. The van der Waals surface area contributed by atoms with E-state index in [1.54, 1.807) is 0 Å². The highest BCUT2D eigenvalue weighted by Crippen LogP contribution is 2.68. The first-order valence-corrected chi connectivity index (χ1v) is 11.6. The summed E-state index contributed by atoms with van der Waals surface area (Å²) in [5.74, 6) is 4.79. The van der Waals surface area contributed by atoms with Gasteiger partial charge < -0.3 is 5.11 Å². The number of hydrogen-bond acceptors (Lipinski definition) is 1. The van der Waals surface area contributed by atoms with Crippen LogP contribution in [0.5, 0.6) is 0 Å². The second-order valence-corrected chi connectivity index (χ2v) is 11.0. The summed E-state index contributed by atoms with van der Waals surface area (Å²) in [6.07, 6.45) is 15.1. The molecule has 1 nitrogen and oxygen atoms in total. The highest BCUT2D eigenvalue weighted by atomic mass is 16.3. The van der Waals surface area contributed by atoms with Crippen LogP contribution in [0.2, 0.25) is 0 Å². The number of fused-ring (bicyclic) bond motifs is 5. The van der Waals surface area contributed by atoms with Gasteiger partial charge in [-0.15, -0.1) is 0 Å². The van der Waals surface area contributed by atoms with Gasteiger partial charge >= 0.3 is 0 Å². The van der Waals surface area contributed by atoms with Crippen LogP contribution in [0.1, 0.15) is 98.3 Å². The highest BCUT2D eigenvalue weighted by Gasteiger charge is 2.62. The fourth-order valence-corrected chi connectivity index (χ4v) is 8.89. The third-order valence-electron chi connectivity index (χ3n) is 10.1. The molecule has 4 unspecified atom stereocenters. The van der Waals surface area contributed by atoms with E-state index in [0.717, 1.165) is 36.0 Å². The summed E-state index contributed by atoms with van der Waals surface area (Å²) in [5, 5.41) is 11.2. The van der Waals surface area contributed by atoms with E-state index in [0.29, 0.717) is 16.7 Å². The lowest BCUT2D eigenvalue weighted by molar-refractivity contribution is -0.164. The smallest absolute Gasteiger partial charge is 0.0577 e. The first-order chi connectivity index (χ1) is 11.9. The van der Waals surface area contributed by atoms with Gasteiger partial charge in [-0.05, 0) is 91.3 Å². The summed E-state index contributed by atoms with van der Waals surface area (Å²) in [6, 6.07) is 0. The van der Waals surface area contributed by atoms with Crippen molar-refractivity contribution in [3.05, 3.63) is 0 Å². The summed E-state index contributed by atoms with van der Waals surface area (Å²) in [5.41, 5.74) is 1.05. The van der Waals surface area contributed by atoms with Crippen LogP contribution in [0.25, 0.3) is 0 Å². The van der Waals surface area contributed by atoms with Crippen LogP contribution in [0, 0.1) is 46.3 Å². The van der Waals surface area contributed by atoms with E-state index in [2.05, 4.69) is 27.7 Å². The molecule has 1 N–H and O–H groups in total. The van der Waals surface area contributed by atoms with E-state index < -0.39 is 0 Å². The quantitative estimate of drug-likeness (QED) is 0.623. The van der Waals surface area contributed by atoms with E-state index in [4.69, 9.17) is 0 Å². The Morgan fingerprint density at radius 2 is 1.72 bits per heavy atom. The van der Waals surface area contributed by atoms with Crippen molar-refractivity contribution in [3.63, 3.8) is 0 Å². The normalized spacial score (nSPS) is 53.6. The van der Waals surface area contributed by atoms with Crippen LogP contribution in [0.15, 0.2) is 0 Å². The molecule has 0 amide bonds. The van der Waals surface area contributed by atoms with Gasteiger partial charge in [-0.3, -0.25) is 0 Å². The van der Waals surface area contributed by atoms with E-state index in [-0.39, 0.29) is 6.10 Å². The fraction of sp³-hybridized carbons (Fsp3) is 1.00. The molecule has 4 aliphatic rings. The zero-order valence-corrected chi connectivity index (χ0v) is 17.3. The van der Waals surface area contributed by atoms with Crippen LogP contribution >= 0.6 is 0 Å². The van der Waals surface area contributed by atoms with Crippen LogP contribution < -0.4 is 0 Å². The lowest BCUT2D eigenvalue weighted by atomic mass is 9.44. The Kier molecular flexibility index (Phi) is 4.79. The Morgan fingerprint density at radius 3 is 2.48 bits per heavy atom. The molecule has 0 spiro atoms. The molecule has 144 valence electrons. The molecule has 0 aromatic heterocycles. The van der Waals surface area contributed by atoms with Crippen molar-refractivity contribution in [1.29, 1.82) is 0 Å². The predicted octanol–water partition coefficient (Wildman–Crippen LogP) is 6.44. The maximum atomic E-state index is 11.2. The van der Waals surface area contributed by atoms with E-state index >= 15 is 0 Å². The Balaban J connectivity index is 1.61. The molecule has 4 aliphatic carbocycles. The molecular formula is C24H42O. The van der Waals surface area contributed by atoms with Crippen molar-refractivity contribution < 1.29 is 5.11 Å². The minimum atomic E-state index is -0.00830. The van der Waals surface area contributed by atoms with E-state index in [1.165, 1.54) is 64.2 Å². The minimum Gasteiger partial charge on any atom is -0.393 e. The van der Waals surface area contributed by atoms with Crippen molar-refractivity contribution in [2.75, 3.05) is 0 Å². The van der Waals surface area contributed by atoms with E-state index in [9.17, 15) is 5.11 Å². The summed E-state index contributed by atoms with van der Waals surface area (Å²) < 4.78 is 0. The van der Waals surface area contributed by atoms with Crippen LogP contribution in [-0.2, 0) is 0 Å². The van der Waals surface area contributed by atoms with Gasteiger partial charge in [0.1, 0.15) is 0 Å². The molecular weight excluding hydrogens is 304 g/mol. The maximum absolute atomic E-state index is 11.2. The van der Waals surface area contributed by atoms with Gasteiger partial charge in [0.25, 0.3) is 0 Å². The molecule has 0 aliphatic heterocycles. The van der Waals surface area contributed by atoms with Gasteiger partial charge in [0.2, 0.25) is 0 Å². The van der Waals surface area contributed by atoms with Crippen LogP contribution in [-0.4, -0.2) is 11.2 Å². The van der Waals surface area contributed by atoms with Crippen molar-refractivity contribution in [1.82, 2.24) is 0 Å². The standard InChI is InChI=1S/C24H42O/c1-5-8-16(2)18-10-11-19-22-20(12-14-24(18,19)4)23(3)13-7-6-9-17(23)15-21(22)25/h16-22,25H,5-15H2,1-4H3/t16-,17+,18?,19?,20?,21-,22?,23+,24-/m1/s1.